The molecule has 3 aromatic rings. The van der Waals surface area contributed by atoms with Crippen molar-refractivity contribution in [3.05, 3.63) is 53.4 Å². The molecule has 0 spiro atoms. The fourth-order valence-corrected chi connectivity index (χ4v) is 1.82. The lowest BCUT2D eigenvalue weighted by Gasteiger charge is -2.00. The van der Waals surface area contributed by atoms with Crippen molar-refractivity contribution in [3.8, 4) is 11.4 Å². The zero-order valence-corrected chi connectivity index (χ0v) is 10.9. The Kier molecular flexibility index (Phi) is 3.37. The normalized spacial score (nSPS) is 10.7. The van der Waals surface area contributed by atoms with E-state index in [0.29, 0.717) is 18.9 Å². The number of non-ortho nitro benzene ring substituents is 1. The predicted molar refractivity (Wildman–Crippen MR) is 72.1 cm³/mol. The number of hydrogen-bond acceptors (Lipinski definition) is 6. The summed E-state index contributed by atoms with van der Waals surface area (Å²) in [5.41, 5.74) is 0.782. The van der Waals surface area contributed by atoms with E-state index in [-0.39, 0.29) is 5.69 Å². The lowest BCUT2D eigenvalue weighted by molar-refractivity contribution is -0.384. The van der Waals surface area contributed by atoms with Crippen LogP contribution in [0.15, 0.2) is 43.2 Å². The van der Waals surface area contributed by atoms with Crippen molar-refractivity contribution in [3.63, 3.8) is 0 Å². The van der Waals surface area contributed by atoms with E-state index in [1.165, 1.54) is 18.5 Å². The third-order valence-corrected chi connectivity index (χ3v) is 2.90. The number of aryl methyl sites for hydroxylation is 2. The van der Waals surface area contributed by atoms with Crippen molar-refractivity contribution < 1.29 is 4.92 Å². The Balaban J connectivity index is 1.70. The molecule has 106 valence electrons. The molecule has 0 amide bonds. The quantitative estimate of drug-likeness (QED) is 0.514. The molecule has 1 aromatic carbocycles. The van der Waals surface area contributed by atoms with E-state index in [1.54, 1.807) is 34.2 Å². The van der Waals surface area contributed by atoms with Crippen LogP contribution >= 0.6 is 0 Å². The molecule has 0 atom stereocenters. The third-order valence-electron chi connectivity index (χ3n) is 2.90. The number of nitro groups is 1. The molecule has 0 N–H and O–H groups in total. The second-order valence-electron chi connectivity index (χ2n) is 4.29. The van der Waals surface area contributed by atoms with Gasteiger partial charge in [0.05, 0.1) is 18.0 Å². The van der Waals surface area contributed by atoms with Crippen LogP contribution in [0.1, 0.15) is 0 Å². The molecule has 0 saturated carbocycles. The average Bonchev–Trinajstić information content (AvgIpc) is 3.17. The molecule has 2 aromatic heterocycles. The highest BCUT2D eigenvalue weighted by Crippen LogP contribution is 2.18. The van der Waals surface area contributed by atoms with Gasteiger partial charge in [-0.25, -0.2) is 9.97 Å². The molecule has 3 rings (SSSR count). The van der Waals surface area contributed by atoms with E-state index in [4.69, 9.17) is 0 Å². The smallest absolute Gasteiger partial charge is 0.258 e. The summed E-state index contributed by atoms with van der Waals surface area (Å²) in [6.45, 7) is 1.26. The van der Waals surface area contributed by atoms with E-state index in [1.807, 2.05) is 0 Å². The van der Waals surface area contributed by atoms with Crippen molar-refractivity contribution >= 4 is 5.69 Å². The SMILES string of the molecule is O=[N+]([O-])c1ccc(-c2ncn(CCn3cncn3)n2)cc1. The van der Waals surface area contributed by atoms with E-state index in [9.17, 15) is 10.1 Å². The minimum absolute atomic E-state index is 0.0457. The maximum Gasteiger partial charge on any atom is 0.269 e. The number of nitrogens with zero attached hydrogens (tertiary/aromatic N) is 7. The summed E-state index contributed by atoms with van der Waals surface area (Å²) in [5.74, 6) is 0.531. The molecular weight excluding hydrogens is 274 g/mol. The van der Waals surface area contributed by atoms with E-state index >= 15 is 0 Å². The Morgan fingerprint density at radius 2 is 1.86 bits per heavy atom. The third kappa shape index (κ3) is 2.91. The molecule has 0 unspecified atom stereocenters. The summed E-state index contributed by atoms with van der Waals surface area (Å²) >= 11 is 0. The second-order valence-corrected chi connectivity index (χ2v) is 4.29. The molecule has 0 saturated heterocycles. The maximum absolute atomic E-state index is 10.6. The van der Waals surface area contributed by atoms with Crippen LogP contribution in [-0.2, 0) is 13.1 Å². The second kappa shape index (κ2) is 5.49. The van der Waals surface area contributed by atoms with Gasteiger partial charge in [0.25, 0.3) is 5.69 Å². The summed E-state index contributed by atoms with van der Waals surface area (Å²) in [6.07, 6.45) is 4.73. The summed E-state index contributed by atoms with van der Waals surface area (Å²) in [4.78, 5) is 18.2. The zero-order valence-electron chi connectivity index (χ0n) is 10.9. The van der Waals surface area contributed by atoms with Gasteiger partial charge in [-0.05, 0) is 12.1 Å². The van der Waals surface area contributed by atoms with Crippen LogP contribution in [0.4, 0.5) is 5.69 Å². The first-order chi connectivity index (χ1) is 10.2. The van der Waals surface area contributed by atoms with Gasteiger partial charge in [-0.15, -0.1) is 0 Å². The first-order valence-corrected chi connectivity index (χ1v) is 6.19. The highest BCUT2D eigenvalue weighted by Gasteiger charge is 2.08. The average molecular weight is 285 g/mol. The van der Waals surface area contributed by atoms with Crippen LogP contribution in [0.5, 0.6) is 0 Å². The molecule has 0 bridgehead atoms. The molecule has 0 radical (unpaired) electrons. The van der Waals surface area contributed by atoms with Gasteiger partial charge in [0.15, 0.2) is 5.82 Å². The van der Waals surface area contributed by atoms with Gasteiger partial charge < -0.3 is 0 Å². The molecular formula is C12H11N7O2. The lowest BCUT2D eigenvalue weighted by atomic mass is 10.2. The fraction of sp³-hybridized carbons (Fsp3) is 0.167. The minimum atomic E-state index is -0.437. The molecule has 21 heavy (non-hydrogen) atoms. The van der Waals surface area contributed by atoms with Gasteiger partial charge in [-0.3, -0.25) is 19.5 Å². The van der Waals surface area contributed by atoms with Crippen LogP contribution in [0.3, 0.4) is 0 Å². The van der Waals surface area contributed by atoms with Crippen LogP contribution in [0.2, 0.25) is 0 Å². The van der Waals surface area contributed by atoms with Gasteiger partial charge in [0.1, 0.15) is 19.0 Å². The molecule has 2 heterocycles. The molecule has 0 aliphatic carbocycles. The zero-order chi connectivity index (χ0) is 14.7. The minimum Gasteiger partial charge on any atom is -0.258 e. The highest BCUT2D eigenvalue weighted by atomic mass is 16.6. The highest BCUT2D eigenvalue weighted by molar-refractivity contribution is 5.56. The molecule has 9 heteroatoms. The predicted octanol–water partition coefficient (Wildman–Crippen LogP) is 1.14. The van der Waals surface area contributed by atoms with Crippen molar-refractivity contribution in [1.82, 2.24) is 29.5 Å². The Morgan fingerprint density at radius 1 is 1.10 bits per heavy atom. The number of nitro benzene ring substituents is 1. The van der Waals surface area contributed by atoms with Crippen LogP contribution in [-0.4, -0.2) is 34.5 Å². The topological polar surface area (TPSA) is 105 Å². The first kappa shape index (κ1) is 12.9. The maximum atomic E-state index is 10.6. The molecule has 0 aliphatic rings. The Hall–Kier alpha value is -3.10. The standard InChI is InChI=1S/C12H11N7O2/c20-19(21)11-3-1-10(2-4-11)12-14-9-18(16-12)6-5-17-8-13-7-15-17/h1-4,7-9H,5-6H2. The summed E-state index contributed by atoms with van der Waals surface area (Å²) in [6, 6.07) is 6.14. The van der Waals surface area contributed by atoms with Crippen molar-refractivity contribution in [2.45, 2.75) is 13.1 Å². The fourth-order valence-electron chi connectivity index (χ4n) is 1.82. The van der Waals surface area contributed by atoms with Gasteiger partial charge in [-0.2, -0.15) is 10.2 Å². The van der Waals surface area contributed by atoms with E-state index in [2.05, 4.69) is 20.2 Å². The van der Waals surface area contributed by atoms with E-state index in [0.717, 1.165) is 5.56 Å². The van der Waals surface area contributed by atoms with Crippen molar-refractivity contribution in [1.29, 1.82) is 0 Å². The Labute approximate surface area is 119 Å². The largest absolute Gasteiger partial charge is 0.269 e. The van der Waals surface area contributed by atoms with Crippen molar-refractivity contribution in [2.75, 3.05) is 0 Å². The number of aromatic nitrogens is 6. The Morgan fingerprint density at radius 3 is 2.52 bits per heavy atom. The van der Waals surface area contributed by atoms with E-state index < -0.39 is 4.92 Å². The first-order valence-electron chi connectivity index (χ1n) is 6.19. The van der Waals surface area contributed by atoms with Gasteiger partial charge >= 0.3 is 0 Å². The molecule has 0 aliphatic heterocycles. The molecule has 9 nitrogen and oxygen atoms in total. The van der Waals surface area contributed by atoms with Crippen molar-refractivity contribution in [2.24, 2.45) is 0 Å². The molecule has 0 fully saturated rings. The van der Waals surface area contributed by atoms with Gasteiger partial charge in [0, 0.05) is 17.7 Å². The lowest BCUT2D eigenvalue weighted by Crippen LogP contribution is -2.08. The van der Waals surface area contributed by atoms with Crippen LogP contribution in [0.25, 0.3) is 11.4 Å². The number of hydrogen-bond donors (Lipinski definition) is 0. The van der Waals surface area contributed by atoms with Gasteiger partial charge in [-0.1, -0.05) is 0 Å². The summed E-state index contributed by atoms with van der Waals surface area (Å²) in [5, 5.41) is 18.9. The number of benzene rings is 1. The Bertz CT molecular complexity index is 733. The number of rotatable bonds is 5. The van der Waals surface area contributed by atoms with Crippen LogP contribution < -0.4 is 0 Å². The monoisotopic (exact) mass is 285 g/mol. The van der Waals surface area contributed by atoms with Crippen LogP contribution in [0, 0.1) is 10.1 Å². The summed E-state index contributed by atoms with van der Waals surface area (Å²) in [7, 11) is 0. The van der Waals surface area contributed by atoms with Gasteiger partial charge in [0.2, 0.25) is 0 Å². The summed E-state index contributed by atoms with van der Waals surface area (Å²) < 4.78 is 3.39.